The first kappa shape index (κ1) is 14.5. The van der Waals surface area contributed by atoms with Crippen molar-refractivity contribution in [1.82, 2.24) is 0 Å². The molecule has 1 heterocycles. The van der Waals surface area contributed by atoms with E-state index < -0.39 is 0 Å². The molecule has 1 aromatic heterocycles. The second kappa shape index (κ2) is 5.85. The minimum atomic E-state index is 0.0387. The summed E-state index contributed by atoms with van der Waals surface area (Å²) in [5.41, 5.74) is 2.63. The molecular weight excluding hydrogens is 298 g/mol. The molecule has 0 saturated heterocycles. The van der Waals surface area contributed by atoms with Gasteiger partial charge in [0.15, 0.2) is 0 Å². The van der Waals surface area contributed by atoms with Crippen molar-refractivity contribution in [2.75, 3.05) is 11.9 Å². The van der Waals surface area contributed by atoms with E-state index >= 15 is 0 Å². The maximum absolute atomic E-state index is 12.7. The Hall–Kier alpha value is -3.07. The average Bonchev–Trinajstić information content (AvgIpc) is 3.05. The van der Waals surface area contributed by atoms with E-state index in [1.54, 1.807) is 18.2 Å². The summed E-state index contributed by atoms with van der Waals surface area (Å²) in [5.74, 6) is 0.0387. The summed E-state index contributed by atoms with van der Waals surface area (Å²) in [7, 11) is 1.80. The van der Waals surface area contributed by atoms with Crippen molar-refractivity contribution in [2.45, 2.75) is 6.42 Å². The van der Waals surface area contributed by atoms with Gasteiger partial charge in [0.2, 0.25) is 5.91 Å². The van der Waals surface area contributed by atoms with Gasteiger partial charge in [0.05, 0.1) is 12.7 Å². The lowest BCUT2D eigenvalue weighted by Crippen LogP contribution is -2.27. The number of rotatable bonds is 3. The molecule has 4 aromatic rings. The number of fused-ring (bicyclic) bond motifs is 3. The Morgan fingerprint density at radius 2 is 1.71 bits per heavy atom. The number of carbonyl (C=O) groups is 1. The van der Waals surface area contributed by atoms with Crippen molar-refractivity contribution in [3.63, 3.8) is 0 Å². The van der Waals surface area contributed by atoms with E-state index in [4.69, 9.17) is 4.42 Å². The van der Waals surface area contributed by atoms with Crippen LogP contribution in [0.2, 0.25) is 0 Å². The van der Waals surface area contributed by atoms with Crippen LogP contribution in [0.15, 0.2) is 77.4 Å². The van der Waals surface area contributed by atoms with E-state index in [2.05, 4.69) is 12.1 Å². The smallest absolute Gasteiger partial charge is 0.231 e. The fourth-order valence-corrected chi connectivity index (χ4v) is 3.08. The second-order valence-corrected chi connectivity index (χ2v) is 5.89. The van der Waals surface area contributed by atoms with Gasteiger partial charge in [-0.05, 0) is 29.0 Å². The molecule has 118 valence electrons. The summed E-state index contributed by atoms with van der Waals surface area (Å²) in [6.45, 7) is 0. The summed E-state index contributed by atoms with van der Waals surface area (Å²) in [5, 5.41) is 3.30. The first-order valence-corrected chi connectivity index (χ1v) is 7.93. The molecule has 0 aliphatic heterocycles. The molecule has 0 fully saturated rings. The minimum absolute atomic E-state index is 0.0387. The highest BCUT2D eigenvalue weighted by atomic mass is 16.3. The number of carbonyl (C=O) groups excluding carboxylic acids is 1. The highest BCUT2D eigenvalue weighted by molar-refractivity contribution is 6.09. The zero-order chi connectivity index (χ0) is 16.5. The molecule has 1 amide bonds. The van der Waals surface area contributed by atoms with Gasteiger partial charge < -0.3 is 9.32 Å². The molecule has 0 atom stereocenters. The maximum Gasteiger partial charge on any atom is 0.231 e. The SMILES string of the molecule is CN(C(=O)Cc1coc2ccc3ccccc3c12)c1ccccc1. The molecule has 0 N–H and O–H groups in total. The molecule has 0 aliphatic rings. The first-order chi connectivity index (χ1) is 11.7. The predicted molar refractivity (Wildman–Crippen MR) is 97.3 cm³/mol. The maximum atomic E-state index is 12.7. The number of para-hydroxylation sites is 1. The van der Waals surface area contributed by atoms with Gasteiger partial charge in [-0.2, -0.15) is 0 Å². The number of likely N-dealkylation sites (N-methyl/N-ethyl adjacent to an activating group) is 1. The molecule has 0 saturated carbocycles. The molecule has 0 bridgehead atoms. The molecule has 24 heavy (non-hydrogen) atoms. The molecular formula is C21H17NO2. The van der Waals surface area contributed by atoms with Crippen molar-refractivity contribution in [3.05, 3.63) is 78.6 Å². The van der Waals surface area contributed by atoms with Crippen LogP contribution in [0.25, 0.3) is 21.7 Å². The van der Waals surface area contributed by atoms with Crippen molar-refractivity contribution in [3.8, 4) is 0 Å². The highest BCUT2D eigenvalue weighted by Crippen LogP contribution is 2.30. The van der Waals surface area contributed by atoms with E-state index in [0.717, 1.165) is 33.0 Å². The molecule has 3 nitrogen and oxygen atoms in total. The topological polar surface area (TPSA) is 33.5 Å². The Balaban J connectivity index is 1.72. The van der Waals surface area contributed by atoms with Crippen LogP contribution in [-0.2, 0) is 11.2 Å². The van der Waals surface area contributed by atoms with Crippen molar-refractivity contribution in [2.24, 2.45) is 0 Å². The Kier molecular flexibility index (Phi) is 3.54. The highest BCUT2D eigenvalue weighted by Gasteiger charge is 2.16. The van der Waals surface area contributed by atoms with Crippen molar-refractivity contribution >= 4 is 33.3 Å². The van der Waals surface area contributed by atoms with Crippen LogP contribution in [0.5, 0.6) is 0 Å². The van der Waals surface area contributed by atoms with Crippen LogP contribution < -0.4 is 4.90 Å². The van der Waals surface area contributed by atoms with Crippen LogP contribution in [0.1, 0.15) is 5.56 Å². The lowest BCUT2D eigenvalue weighted by Gasteiger charge is -2.17. The number of furan rings is 1. The monoisotopic (exact) mass is 315 g/mol. The molecule has 0 radical (unpaired) electrons. The first-order valence-electron chi connectivity index (χ1n) is 7.93. The zero-order valence-corrected chi connectivity index (χ0v) is 13.4. The number of benzene rings is 3. The van der Waals surface area contributed by atoms with E-state index in [9.17, 15) is 4.79 Å². The normalized spacial score (nSPS) is 11.0. The summed E-state index contributed by atoms with van der Waals surface area (Å²) >= 11 is 0. The van der Waals surface area contributed by atoms with Gasteiger partial charge in [0.1, 0.15) is 5.58 Å². The average molecular weight is 315 g/mol. The van der Waals surface area contributed by atoms with Gasteiger partial charge in [-0.3, -0.25) is 4.79 Å². The summed E-state index contributed by atoms with van der Waals surface area (Å²) < 4.78 is 5.67. The third-order valence-corrected chi connectivity index (χ3v) is 4.40. The van der Waals surface area contributed by atoms with Crippen LogP contribution in [0.4, 0.5) is 5.69 Å². The number of hydrogen-bond donors (Lipinski definition) is 0. The molecule has 0 spiro atoms. The van der Waals surface area contributed by atoms with Crippen LogP contribution >= 0.6 is 0 Å². The summed E-state index contributed by atoms with van der Waals surface area (Å²) in [4.78, 5) is 14.4. The van der Waals surface area contributed by atoms with Crippen LogP contribution in [0, 0.1) is 0 Å². The summed E-state index contributed by atoms with van der Waals surface area (Å²) in [6.07, 6.45) is 2.01. The van der Waals surface area contributed by atoms with E-state index in [1.807, 2.05) is 54.6 Å². The Bertz CT molecular complexity index is 1020. The summed E-state index contributed by atoms with van der Waals surface area (Å²) in [6, 6.07) is 21.8. The lowest BCUT2D eigenvalue weighted by molar-refractivity contribution is -0.117. The lowest BCUT2D eigenvalue weighted by atomic mass is 10.0. The van der Waals surface area contributed by atoms with Crippen LogP contribution in [0.3, 0.4) is 0 Å². The number of hydrogen-bond acceptors (Lipinski definition) is 2. The molecule has 0 aliphatic carbocycles. The standard InChI is InChI=1S/C21H17NO2/c1-22(17-8-3-2-4-9-17)20(23)13-16-14-24-19-12-11-15-7-5-6-10-18(15)21(16)19/h2-12,14H,13H2,1H3. The Morgan fingerprint density at radius 1 is 0.958 bits per heavy atom. The minimum Gasteiger partial charge on any atom is -0.464 e. The van der Waals surface area contributed by atoms with Gasteiger partial charge in [0, 0.05) is 23.7 Å². The zero-order valence-electron chi connectivity index (χ0n) is 13.4. The quantitative estimate of drug-likeness (QED) is 0.544. The largest absolute Gasteiger partial charge is 0.464 e. The van der Waals surface area contributed by atoms with E-state index in [-0.39, 0.29) is 5.91 Å². The molecule has 0 unspecified atom stereocenters. The third kappa shape index (κ3) is 2.44. The Morgan fingerprint density at radius 3 is 2.54 bits per heavy atom. The van der Waals surface area contributed by atoms with Gasteiger partial charge in [-0.1, -0.05) is 48.5 Å². The molecule has 3 heteroatoms. The second-order valence-electron chi connectivity index (χ2n) is 5.89. The van der Waals surface area contributed by atoms with Gasteiger partial charge in [-0.25, -0.2) is 0 Å². The number of anilines is 1. The molecule has 3 aromatic carbocycles. The fourth-order valence-electron chi connectivity index (χ4n) is 3.08. The number of nitrogens with zero attached hydrogens (tertiary/aromatic N) is 1. The Labute approximate surface area is 140 Å². The van der Waals surface area contributed by atoms with Gasteiger partial charge in [-0.15, -0.1) is 0 Å². The van der Waals surface area contributed by atoms with Gasteiger partial charge >= 0.3 is 0 Å². The van der Waals surface area contributed by atoms with E-state index in [0.29, 0.717) is 6.42 Å². The third-order valence-electron chi connectivity index (χ3n) is 4.40. The fraction of sp³-hybridized carbons (Fsp3) is 0.0952. The van der Waals surface area contributed by atoms with Gasteiger partial charge in [0.25, 0.3) is 0 Å². The van der Waals surface area contributed by atoms with Crippen LogP contribution in [-0.4, -0.2) is 13.0 Å². The van der Waals surface area contributed by atoms with E-state index in [1.165, 1.54) is 0 Å². The van der Waals surface area contributed by atoms with Crippen molar-refractivity contribution in [1.29, 1.82) is 0 Å². The molecule has 4 rings (SSSR count). The number of amides is 1. The predicted octanol–water partition coefficient (Wildman–Crippen LogP) is 4.79. The van der Waals surface area contributed by atoms with Crippen molar-refractivity contribution < 1.29 is 9.21 Å².